The minimum Gasteiger partial charge on any atom is -0.324 e. The van der Waals surface area contributed by atoms with Gasteiger partial charge in [0.1, 0.15) is 5.82 Å². The van der Waals surface area contributed by atoms with E-state index in [4.69, 9.17) is 0 Å². The molecule has 3 nitrogen and oxygen atoms in total. The number of amides is 1. The van der Waals surface area contributed by atoms with Crippen molar-refractivity contribution in [1.29, 1.82) is 0 Å². The SMILES string of the molecule is CNCCC(=O)Nc1ccc(Br)cc1F. The van der Waals surface area contributed by atoms with E-state index in [1.807, 2.05) is 0 Å². The molecule has 0 heterocycles. The molecule has 0 aliphatic rings. The Bertz CT molecular complexity index is 357. The summed E-state index contributed by atoms with van der Waals surface area (Å²) in [4.78, 5) is 11.3. The number of halogens is 2. The van der Waals surface area contributed by atoms with Gasteiger partial charge in [-0.2, -0.15) is 0 Å². The lowest BCUT2D eigenvalue weighted by Gasteiger charge is -2.06. The third kappa shape index (κ3) is 3.97. The Hall–Kier alpha value is -0.940. The van der Waals surface area contributed by atoms with Gasteiger partial charge in [0.2, 0.25) is 5.91 Å². The maximum Gasteiger partial charge on any atom is 0.225 e. The number of hydrogen-bond acceptors (Lipinski definition) is 2. The van der Waals surface area contributed by atoms with Crippen LogP contribution in [0.1, 0.15) is 6.42 Å². The highest BCUT2D eigenvalue weighted by atomic mass is 79.9. The van der Waals surface area contributed by atoms with Gasteiger partial charge in [-0.05, 0) is 25.2 Å². The summed E-state index contributed by atoms with van der Waals surface area (Å²) < 4.78 is 13.9. The molecule has 82 valence electrons. The van der Waals surface area contributed by atoms with Gasteiger partial charge in [0.15, 0.2) is 0 Å². The first-order chi connectivity index (χ1) is 7.13. The third-order valence-corrected chi connectivity index (χ3v) is 2.30. The van der Waals surface area contributed by atoms with E-state index in [2.05, 4.69) is 26.6 Å². The lowest BCUT2D eigenvalue weighted by Crippen LogP contribution is -2.19. The molecule has 2 N–H and O–H groups in total. The van der Waals surface area contributed by atoms with Crippen molar-refractivity contribution in [2.24, 2.45) is 0 Å². The van der Waals surface area contributed by atoms with Crippen LogP contribution in [-0.2, 0) is 4.79 Å². The van der Waals surface area contributed by atoms with Gasteiger partial charge in [0, 0.05) is 17.4 Å². The van der Waals surface area contributed by atoms with E-state index >= 15 is 0 Å². The van der Waals surface area contributed by atoms with Crippen LogP contribution in [0, 0.1) is 5.82 Å². The summed E-state index contributed by atoms with van der Waals surface area (Å²) in [6.45, 7) is 0.573. The molecule has 0 aromatic heterocycles. The van der Waals surface area contributed by atoms with Gasteiger partial charge < -0.3 is 10.6 Å². The molecule has 0 saturated carbocycles. The second kappa shape index (κ2) is 5.82. The highest BCUT2D eigenvalue weighted by Gasteiger charge is 2.06. The van der Waals surface area contributed by atoms with Crippen molar-refractivity contribution in [3.05, 3.63) is 28.5 Å². The summed E-state index contributed by atoms with van der Waals surface area (Å²) in [6.07, 6.45) is 0.325. The molecular formula is C10H12BrFN2O. The quantitative estimate of drug-likeness (QED) is 0.883. The van der Waals surface area contributed by atoms with Gasteiger partial charge in [-0.25, -0.2) is 4.39 Å². The highest BCUT2D eigenvalue weighted by Crippen LogP contribution is 2.19. The van der Waals surface area contributed by atoms with E-state index in [9.17, 15) is 9.18 Å². The molecule has 0 unspecified atom stereocenters. The van der Waals surface area contributed by atoms with Crippen molar-refractivity contribution in [2.45, 2.75) is 6.42 Å². The Morgan fingerprint density at radius 1 is 1.53 bits per heavy atom. The third-order valence-electron chi connectivity index (χ3n) is 1.81. The van der Waals surface area contributed by atoms with Gasteiger partial charge in [-0.3, -0.25) is 4.79 Å². The Morgan fingerprint density at radius 2 is 2.27 bits per heavy atom. The monoisotopic (exact) mass is 274 g/mol. The average Bonchev–Trinajstić information content (AvgIpc) is 2.19. The van der Waals surface area contributed by atoms with Gasteiger partial charge in [-0.15, -0.1) is 0 Å². The molecule has 1 amide bonds. The van der Waals surface area contributed by atoms with E-state index in [1.165, 1.54) is 12.1 Å². The van der Waals surface area contributed by atoms with Crippen LogP contribution in [0.15, 0.2) is 22.7 Å². The number of nitrogens with one attached hydrogen (secondary N) is 2. The lowest BCUT2D eigenvalue weighted by atomic mass is 10.3. The molecule has 15 heavy (non-hydrogen) atoms. The first kappa shape index (κ1) is 12.1. The Kier molecular flexibility index (Phi) is 4.71. The van der Waals surface area contributed by atoms with Crippen molar-refractivity contribution >= 4 is 27.5 Å². The fraction of sp³-hybridized carbons (Fsp3) is 0.300. The van der Waals surface area contributed by atoms with Crippen LogP contribution in [0.2, 0.25) is 0 Å². The minimum absolute atomic E-state index is 0.203. The predicted molar refractivity (Wildman–Crippen MR) is 61.3 cm³/mol. The van der Waals surface area contributed by atoms with E-state index in [0.717, 1.165) is 0 Å². The van der Waals surface area contributed by atoms with Crippen LogP contribution in [0.3, 0.4) is 0 Å². The first-order valence-corrected chi connectivity index (χ1v) is 5.32. The normalized spacial score (nSPS) is 10.1. The van der Waals surface area contributed by atoms with Gasteiger partial charge in [0.05, 0.1) is 5.69 Å². The number of carbonyl (C=O) groups excluding carboxylic acids is 1. The maximum absolute atomic E-state index is 13.3. The standard InChI is InChI=1S/C10H12BrFN2O/c1-13-5-4-10(15)14-9-3-2-7(11)6-8(9)12/h2-3,6,13H,4-5H2,1H3,(H,14,15). The van der Waals surface area contributed by atoms with E-state index in [1.54, 1.807) is 13.1 Å². The van der Waals surface area contributed by atoms with Crippen molar-refractivity contribution in [3.8, 4) is 0 Å². The van der Waals surface area contributed by atoms with Crippen LogP contribution in [-0.4, -0.2) is 19.5 Å². The molecule has 0 aliphatic carbocycles. The molecule has 0 aliphatic heterocycles. The van der Waals surface area contributed by atoms with Crippen molar-refractivity contribution in [1.82, 2.24) is 5.32 Å². The first-order valence-electron chi connectivity index (χ1n) is 4.53. The summed E-state index contributed by atoms with van der Waals surface area (Å²) in [5.74, 6) is -0.646. The minimum atomic E-state index is -0.442. The molecule has 1 aromatic rings. The summed E-state index contributed by atoms with van der Waals surface area (Å²) in [7, 11) is 1.76. The smallest absolute Gasteiger partial charge is 0.225 e. The van der Waals surface area contributed by atoms with Crippen molar-refractivity contribution in [3.63, 3.8) is 0 Å². The molecule has 0 saturated heterocycles. The Morgan fingerprint density at radius 3 is 2.87 bits per heavy atom. The molecular weight excluding hydrogens is 263 g/mol. The van der Waals surface area contributed by atoms with Crippen LogP contribution >= 0.6 is 15.9 Å². The van der Waals surface area contributed by atoms with E-state index in [0.29, 0.717) is 17.4 Å². The number of carbonyl (C=O) groups is 1. The molecule has 0 fully saturated rings. The van der Waals surface area contributed by atoms with Gasteiger partial charge in [0.25, 0.3) is 0 Å². The summed E-state index contributed by atoms with van der Waals surface area (Å²) in [5.41, 5.74) is 0.208. The molecule has 5 heteroatoms. The zero-order chi connectivity index (χ0) is 11.3. The molecule has 0 bridgehead atoms. The van der Waals surface area contributed by atoms with Crippen LogP contribution in [0.25, 0.3) is 0 Å². The molecule has 0 spiro atoms. The number of benzene rings is 1. The fourth-order valence-corrected chi connectivity index (χ4v) is 1.38. The number of anilines is 1. The van der Waals surface area contributed by atoms with Crippen LogP contribution < -0.4 is 10.6 Å². The van der Waals surface area contributed by atoms with Gasteiger partial charge >= 0.3 is 0 Å². The summed E-state index contributed by atoms with van der Waals surface area (Å²) in [5, 5.41) is 5.34. The molecule has 0 radical (unpaired) electrons. The Balaban J connectivity index is 2.60. The summed E-state index contributed by atoms with van der Waals surface area (Å²) >= 11 is 3.14. The molecule has 0 atom stereocenters. The average molecular weight is 275 g/mol. The largest absolute Gasteiger partial charge is 0.324 e. The predicted octanol–water partition coefficient (Wildman–Crippen LogP) is 2.14. The second-order valence-electron chi connectivity index (χ2n) is 3.03. The van der Waals surface area contributed by atoms with Gasteiger partial charge in [-0.1, -0.05) is 15.9 Å². The number of rotatable bonds is 4. The number of hydrogen-bond donors (Lipinski definition) is 2. The molecule has 1 aromatic carbocycles. The zero-order valence-corrected chi connectivity index (χ0v) is 9.90. The molecule has 1 rings (SSSR count). The van der Waals surface area contributed by atoms with Crippen molar-refractivity contribution < 1.29 is 9.18 Å². The topological polar surface area (TPSA) is 41.1 Å². The maximum atomic E-state index is 13.3. The van der Waals surface area contributed by atoms with E-state index in [-0.39, 0.29) is 11.6 Å². The zero-order valence-electron chi connectivity index (χ0n) is 8.31. The fourth-order valence-electron chi connectivity index (χ4n) is 1.04. The highest BCUT2D eigenvalue weighted by molar-refractivity contribution is 9.10. The van der Waals surface area contributed by atoms with Crippen molar-refractivity contribution in [2.75, 3.05) is 18.9 Å². The van der Waals surface area contributed by atoms with Crippen LogP contribution in [0.5, 0.6) is 0 Å². The summed E-state index contributed by atoms with van der Waals surface area (Å²) in [6, 6.07) is 4.52. The van der Waals surface area contributed by atoms with Crippen LogP contribution in [0.4, 0.5) is 10.1 Å². The lowest BCUT2D eigenvalue weighted by molar-refractivity contribution is -0.116. The Labute approximate surface area is 96.2 Å². The van der Waals surface area contributed by atoms with E-state index < -0.39 is 5.82 Å². The second-order valence-corrected chi connectivity index (χ2v) is 3.94.